The molecule has 2 N–H and O–H groups in total. The Morgan fingerprint density at radius 1 is 1.39 bits per heavy atom. The Labute approximate surface area is 135 Å². The zero-order chi connectivity index (χ0) is 17.4. The molecule has 1 saturated heterocycles. The highest BCUT2D eigenvalue weighted by molar-refractivity contribution is 5.68. The largest absolute Gasteiger partial charge is 0.444 e. The number of carbonyl (C=O) groups excluding carboxylic acids is 1. The average Bonchev–Trinajstić information content (AvgIpc) is 2.91. The molecule has 0 radical (unpaired) electrons. The Balaban J connectivity index is 2.10. The Morgan fingerprint density at radius 2 is 2.04 bits per heavy atom. The molecule has 0 bridgehead atoms. The molecule has 2 atom stereocenters. The van der Waals surface area contributed by atoms with Crippen LogP contribution >= 0.6 is 0 Å². The minimum atomic E-state index is -0.790. The van der Waals surface area contributed by atoms with Crippen LogP contribution in [0.3, 0.4) is 0 Å². The quantitative estimate of drug-likeness (QED) is 0.904. The molecule has 0 aromatic heterocycles. The van der Waals surface area contributed by atoms with Crippen LogP contribution in [0.25, 0.3) is 0 Å². The number of nitrogens with zero attached hydrogens (tertiary/aromatic N) is 1. The maximum Gasteiger partial charge on any atom is 0.410 e. The lowest BCUT2D eigenvalue weighted by molar-refractivity contribution is 0.0286. The summed E-state index contributed by atoms with van der Waals surface area (Å²) in [6.07, 6.45) is 0.171. The van der Waals surface area contributed by atoms with Crippen LogP contribution in [0.4, 0.5) is 13.6 Å². The number of hydrogen-bond donors (Lipinski definition) is 1. The zero-order valence-electron chi connectivity index (χ0n) is 14.0. The maximum absolute atomic E-state index is 14.2. The third-order valence-corrected chi connectivity index (χ3v) is 4.04. The molecule has 0 aliphatic carbocycles. The normalized spacial score (nSPS) is 19.8. The second-order valence-electron chi connectivity index (χ2n) is 7.09. The third kappa shape index (κ3) is 3.99. The average molecular weight is 326 g/mol. The zero-order valence-corrected chi connectivity index (χ0v) is 14.0. The van der Waals surface area contributed by atoms with Gasteiger partial charge in [-0.2, -0.15) is 0 Å². The molecular weight excluding hydrogens is 302 g/mol. The van der Waals surface area contributed by atoms with E-state index in [9.17, 15) is 13.6 Å². The monoisotopic (exact) mass is 326 g/mol. The van der Waals surface area contributed by atoms with Gasteiger partial charge in [-0.25, -0.2) is 13.6 Å². The summed E-state index contributed by atoms with van der Waals surface area (Å²) in [5, 5.41) is 0. The molecule has 1 aromatic carbocycles. The van der Waals surface area contributed by atoms with Gasteiger partial charge in [0.15, 0.2) is 0 Å². The first-order valence-corrected chi connectivity index (χ1v) is 7.78. The van der Waals surface area contributed by atoms with Crippen LogP contribution < -0.4 is 5.73 Å². The molecule has 0 saturated carbocycles. The van der Waals surface area contributed by atoms with Gasteiger partial charge in [-0.1, -0.05) is 6.07 Å². The van der Waals surface area contributed by atoms with Crippen molar-refractivity contribution in [2.45, 2.75) is 45.8 Å². The van der Waals surface area contributed by atoms with Crippen molar-refractivity contribution in [3.05, 3.63) is 34.9 Å². The number of halogens is 2. The SMILES string of the molecule is Cc1ccc(F)c(C(N)C2CCN(C(=O)OC(C)(C)C)C2)c1F. The number of likely N-dealkylation sites (tertiary alicyclic amines) is 1. The topological polar surface area (TPSA) is 55.6 Å². The van der Waals surface area contributed by atoms with Gasteiger partial charge < -0.3 is 15.4 Å². The van der Waals surface area contributed by atoms with Crippen molar-refractivity contribution in [1.29, 1.82) is 0 Å². The lowest BCUT2D eigenvalue weighted by Gasteiger charge is -2.25. The lowest BCUT2D eigenvalue weighted by Crippen LogP contribution is -2.36. The highest BCUT2D eigenvalue weighted by atomic mass is 19.1. The van der Waals surface area contributed by atoms with E-state index in [2.05, 4.69) is 0 Å². The van der Waals surface area contributed by atoms with Gasteiger partial charge in [-0.15, -0.1) is 0 Å². The highest BCUT2D eigenvalue weighted by Crippen LogP contribution is 2.32. The van der Waals surface area contributed by atoms with Gasteiger partial charge in [0.05, 0.1) is 0 Å². The number of benzene rings is 1. The minimum absolute atomic E-state index is 0.0963. The van der Waals surface area contributed by atoms with Crippen LogP contribution in [0.1, 0.15) is 44.4 Å². The Bertz CT molecular complexity index is 599. The maximum atomic E-state index is 14.2. The van der Waals surface area contributed by atoms with Crippen LogP contribution in [0.2, 0.25) is 0 Å². The first kappa shape index (κ1) is 17.7. The predicted molar refractivity (Wildman–Crippen MR) is 83.9 cm³/mol. The Hall–Kier alpha value is -1.69. The summed E-state index contributed by atoms with van der Waals surface area (Å²) in [5.41, 5.74) is 5.79. The van der Waals surface area contributed by atoms with Gasteiger partial charge in [-0.3, -0.25) is 0 Å². The van der Waals surface area contributed by atoms with Gasteiger partial charge in [0.25, 0.3) is 0 Å². The minimum Gasteiger partial charge on any atom is -0.444 e. The molecule has 6 heteroatoms. The molecule has 1 aromatic rings. The summed E-state index contributed by atoms with van der Waals surface area (Å²) >= 11 is 0. The van der Waals surface area contributed by atoms with E-state index in [1.54, 1.807) is 32.6 Å². The molecular formula is C17H24F2N2O2. The summed E-state index contributed by atoms with van der Waals surface area (Å²) < 4.78 is 33.5. The van der Waals surface area contributed by atoms with E-state index >= 15 is 0 Å². The molecule has 2 rings (SSSR count). The van der Waals surface area contributed by atoms with E-state index in [4.69, 9.17) is 10.5 Å². The summed E-state index contributed by atoms with van der Waals surface area (Å²) in [5.74, 6) is -1.45. The molecule has 4 nitrogen and oxygen atoms in total. The van der Waals surface area contributed by atoms with Crippen molar-refractivity contribution in [2.24, 2.45) is 11.7 Å². The molecule has 1 amide bonds. The first-order chi connectivity index (χ1) is 10.6. The number of aryl methyl sites for hydroxylation is 1. The van der Waals surface area contributed by atoms with E-state index in [-0.39, 0.29) is 11.5 Å². The van der Waals surface area contributed by atoms with E-state index < -0.39 is 29.4 Å². The molecule has 23 heavy (non-hydrogen) atoms. The number of carbonyl (C=O) groups is 1. The fraction of sp³-hybridized carbons (Fsp3) is 0.588. The van der Waals surface area contributed by atoms with E-state index in [1.807, 2.05) is 0 Å². The molecule has 0 spiro atoms. The third-order valence-electron chi connectivity index (χ3n) is 4.04. The van der Waals surface area contributed by atoms with Crippen molar-refractivity contribution in [3.63, 3.8) is 0 Å². The van der Waals surface area contributed by atoms with Crippen LogP contribution in [-0.4, -0.2) is 29.7 Å². The number of rotatable bonds is 2. The van der Waals surface area contributed by atoms with Crippen molar-refractivity contribution >= 4 is 6.09 Å². The number of amides is 1. The van der Waals surface area contributed by atoms with Crippen molar-refractivity contribution in [3.8, 4) is 0 Å². The Kier molecular flexibility index (Phi) is 4.94. The van der Waals surface area contributed by atoms with Crippen molar-refractivity contribution in [1.82, 2.24) is 4.90 Å². The number of nitrogens with two attached hydrogens (primary N) is 1. The van der Waals surface area contributed by atoms with Gasteiger partial charge in [0.2, 0.25) is 0 Å². The van der Waals surface area contributed by atoms with Crippen LogP contribution in [0.15, 0.2) is 12.1 Å². The summed E-state index contributed by atoms with van der Waals surface area (Å²) in [6.45, 7) is 7.77. The fourth-order valence-electron chi connectivity index (χ4n) is 2.79. The summed E-state index contributed by atoms with van der Waals surface area (Å²) in [7, 11) is 0. The Morgan fingerprint density at radius 3 is 2.65 bits per heavy atom. The van der Waals surface area contributed by atoms with E-state index in [0.717, 1.165) is 0 Å². The van der Waals surface area contributed by atoms with E-state index in [0.29, 0.717) is 25.1 Å². The molecule has 1 fully saturated rings. The molecule has 1 heterocycles. The number of hydrogen-bond acceptors (Lipinski definition) is 3. The van der Waals surface area contributed by atoms with Gasteiger partial charge in [0, 0.05) is 24.7 Å². The lowest BCUT2D eigenvalue weighted by atomic mass is 9.91. The van der Waals surface area contributed by atoms with Gasteiger partial charge >= 0.3 is 6.09 Å². The molecule has 128 valence electrons. The molecule has 2 unspecified atom stereocenters. The van der Waals surface area contributed by atoms with Gasteiger partial charge in [-0.05, 0) is 51.7 Å². The smallest absolute Gasteiger partial charge is 0.410 e. The van der Waals surface area contributed by atoms with Crippen LogP contribution in [-0.2, 0) is 4.74 Å². The number of ether oxygens (including phenoxy) is 1. The second-order valence-corrected chi connectivity index (χ2v) is 7.09. The first-order valence-electron chi connectivity index (χ1n) is 7.78. The standard InChI is InChI=1S/C17H24F2N2O2/c1-10-5-6-12(18)13(14(10)19)15(20)11-7-8-21(9-11)16(22)23-17(2,3)4/h5-6,11,15H,7-9,20H2,1-4H3. The molecule has 1 aliphatic rings. The predicted octanol–water partition coefficient (Wildman–Crippen LogP) is 3.53. The van der Waals surface area contributed by atoms with Crippen molar-refractivity contribution in [2.75, 3.05) is 13.1 Å². The summed E-state index contributed by atoms with van der Waals surface area (Å²) in [4.78, 5) is 13.6. The summed E-state index contributed by atoms with van der Waals surface area (Å²) in [6, 6.07) is 1.83. The van der Waals surface area contributed by atoms with E-state index in [1.165, 1.54) is 12.1 Å². The van der Waals surface area contributed by atoms with Gasteiger partial charge in [0.1, 0.15) is 17.2 Å². The van der Waals surface area contributed by atoms with Crippen LogP contribution in [0.5, 0.6) is 0 Å². The van der Waals surface area contributed by atoms with Crippen LogP contribution in [0, 0.1) is 24.5 Å². The van der Waals surface area contributed by atoms with Crippen molar-refractivity contribution < 1.29 is 18.3 Å². The fourth-order valence-corrected chi connectivity index (χ4v) is 2.79. The highest BCUT2D eigenvalue weighted by Gasteiger charge is 2.35. The molecule has 1 aliphatic heterocycles. The second kappa shape index (κ2) is 6.43.